The van der Waals surface area contributed by atoms with Gasteiger partial charge in [-0.3, -0.25) is 9.59 Å². The number of carbonyl (C=O) groups is 2. The van der Waals surface area contributed by atoms with Crippen molar-refractivity contribution in [3.05, 3.63) is 35.6 Å². The van der Waals surface area contributed by atoms with Gasteiger partial charge in [-0.15, -0.1) is 0 Å². The zero-order valence-electron chi connectivity index (χ0n) is 10.4. The third-order valence-corrected chi connectivity index (χ3v) is 5.48. The van der Waals surface area contributed by atoms with Crippen molar-refractivity contribution in [2.45, 2.75) is 18.6 Å². The summed E-state index contributed by atoms with van der Waals surface area (Å²) in [6.45, 7) is 1.88. The van der Waals surface area contributed by atoms with Crippen LogP contribution >= 0.6 is 0 Å². The minimum absolute atomic E-state index is 0.227. The quantitative estimate of drug-likeness (QED) is 0.775. The summed E-state index contributed by atoms with van der Waals surface area (Å²) in [7, 11) is -3.83. The molecule has 0 unspecified atom stereocenters. The van der Waals surface area contributed by atoms with E-state index >= 15 is 0 Å². The Labute approximate surface area is 110 Å². The van der Waals surface area contributed by atoms with E-state index in [9.17, 15) is 22.4 Å². The van der Waals surface area contributed by atoms with Crippen molar-refractivity contribution in [3.63, 3.8) is 0 Å². The number of carbonyl (C=O) groups excluding carboxylic acids is 2. The Morgan fingerprint density at radius 3 is 2.42 bits per heavy atom. The molecular weight excluding hydrogens is 273 g/mol. The van der Waals surface area contributed by atoms with Gasteiger partial charge in [0.05, 0.1) is 5.56 Å². The summed E-state index contributed by atoms with van der Waals surface area (Å²) >= 11 is 0. The third-order valence-electron chi connectivity index (χ3n) is 3.14. The molecule has 0 N–H and O–H groups in total. The van der Waals surface area contributed by atoms with E-state index in [-0.39, 0.29) is 5.56 Å². The predicted molar refractivity (Wildman–Crippen MR) is 65.4 cm³/mol. The molecule has 7 heteroatoms. The van der Waals surface area contributed by atoms with E-state index in [4.69, 9.17) is 0 Å². The first-order chi connectivity index (χ1) is 8.69. The van der Waals surface area contributed by atoms with E-state index in [1.165, 1.54) is 32.0 Å². The van der Waals surface area contributed by atoms with Crippen LogP contribution in [-0.4, -0.2) is 35.7 Å². The average molecular weight is 285 g/mol. The standard InChI is InChI=1S/C12H12FNO4S/c1-12(2)11(16)14(19(12,17)18)7-10(15)8-5-3-4-6-9(8)13/h3-6H,7H2,1-2H3. The van der Waals surface area contributed by atoms with Crippen molar-refractivity contribution in [1.29, 1.82) is 0 Å². The topological polar surface area (TPSA) is 71.5 Å². The van der Waals surface area contributed by atoms with Gasteiger partial charge in [-0.1, -0.05) is 12.1 Å². The van der Waals surface area contributed by atoms with Gasteiger partial charge in [-0.25, -0.2) is 17.1 Å². The van der Waals surface area contributed by atoms with Crippen molar-refractivity contribution in [2.75, 3.05) is 6.54 Å². The zero-order valence-corrected chi connectivity index (χ0v) is 11.2. The Morgan fingerprint density at radius 1 is 1.32 bits per heavy atom. The van der Waals surface area contributed by atoms with Gasteiger partial charge in [0.25, 0.3) is 15.9 Å². The molecular formula is C12H12FNO4S. The Kier molecular flexibility index (Phi) is 2.97. The minimum Gasteiger partial charge on any atom is -0.292 e. The van der Waals surface area contributed by atoms with Gasteiger partial charge < -0.3 is 0 Å². The van der Waals surface area contributed by atoms with Crippen LogP contribution in [0.1, 0.15) is 24.2 Å². The maximum atomic E-state index is 13.4. The fourth-order valence-corrected chi connectivity index (χ4v) is 3.30. The number of rotatable bonds is 3. The van der Waals surface area contributed by atoms with Crippen LogP contribution in [0.4, 0.5) is 4.39 Å². The van der Waals surface area contributed by atoms with Gasteiger partial charge in [0, 0.05) is 0 Å². The number of amides is 1. The summed E-state index contributed by atoms with van der Waals surface area (Å²) in [5.74, 6) is -2.14. The molecule has 0 radical (unpaired) electrons. The molecule has 1 aromatic rings. The highest BCUT2D eigenvalue weighted by molar-refractivity contribution is 7.94. The Morgan fingerprint density at radius 2 is 1.89 bits per heavy atom. The molecule has 0 atom stereocenters. The number of nitrogens with zero attached hydrogens (tertiary/aromatic N) is 1. The van der Waals surface area contributed by atoms with Crippen molar-refractivity contribution in [1.82, 2.24) is 4.31 Å². The van der Waals surface area contributed by atoms with Gasteiger partial charge >= 0.3 is 0 Å². The van der Waals surface area contributed by atoms with Gasteiger partial charge in [0.1, 0.15) is 12.4 Å². The smallest absolute Gasteiger partial charge is 0.259 e. The minimum atomic E-state index is -3.83. The van der Waals surface area contributed by atoms with Crippen LogP contribution in [0.15, 0.2) is 24.3 Å². The molecule has 102 valence electrons. The summed E-state index contributed by atoms with van der Waals surface area (Å²) in [5.41, 5.74) is -0.227. The van der Waals surface area contributed by atoms with Crippen LogP contribution in [0, 0.1) is 5.82 Å². The lowest BCUT2D eigenvalue weighted by Gasteiger charge is -2.42. The lowest BCUT2D eigenvalue weighted by molar-refractivity contribution is -0.131. The highest BCUT2D eigenvalue weighted by Gasteiger charge is 2.60. The van der Waals surface area contributed by atoms with Crippen molar-refractivity contribution >= 4 is 21.7 Å². The largest absolute Gasteiger partial charge is 0.292 e. The van der Waals surface area contributed by atoms with Crippen LogP contribution in [-0.2, 0) is 14.8 Å². The van der Waals surface area contributed by atoms with Crippen molar-refractivity contribution in [2.24, 2.45) is 0 Å². The molecule has 19 heavy (non-hydrogen) atoms. The SMILES string of the molecule is CC1(C)C(=O)N(CC(=O)c2ccccc2F)S1(=O)=O. The van der Waals surface area contributed by atoms with Gasteiger partial charge in [-0.05, 0) is 26.0 Å². The van der Waals surface area contributed by atoms with E-state index in [1.807, 2.05) is 0 Å². The molecule has 0 aromatic heterocycles. The fourth-order valence-electron chi connectivity index (χ4n) is 1.82. The first-order valence-electron chi connectivity index (χ1n) is 5.54. The predicted octanol–water partition coefficient (Wildman–Crippen LogP) is 0.959. The van der Waals surface area contributed by atoms with Crippen molar-refractivity contribution < 1.29 is 22.4 Å². The average Bonchev–Trinajstić information content (AvgIpc) is 2.35. The first-order valence-corrected chi connectivity index (χ1v) is 6.98. The van der Waals surface area contributed by atoms with Gasteiger partial charge in [-0.2, -0.15) is 0 Å². The van der Waals surface area contributed by atoms with E-state index in [0.717, 1.165) is 6.07 Å². The van der Waals surface area contributed by atoms with Crippen LogP contribution < -0.4 is 0 Å². The lowest BCUT2D eigenvalue weighted by Crippen LogP contribution is -2.68. The maximum Gasteiger partial charge on any atom is 0.259 e. The summed E-state index contributed by atoms with van der Waals surface area (Å²) in [6, 6.07) is 5.23. The van der Waals surface area contributed by atoms with Crippen LogP contribution in [0.5, 0.6) is 0 Å². The van der Waals surface area contributed by atoms with E-state index in [2.05, 4.69) is 0 Å². The van der Waals surface area contributed by atoms with E-state index in [0.29, 0.717) is 4.31 Å². The number of hydrogen-bond acceptors (Lipinski definition) is 4. The zero-order chi connectivity index (χ0) is 14.4. The molecule has 1 aliphatic rings. The van der Waals surface area contributed by atoms with Crippen LogP contribution in [0.25, 0.3) is 0 Å². The second kappa shape index (κ2) is 4.12. The highest BCUT2D eigenvalue weighted by atomic mass is 32.2. The molecule has 0 spiro atoms. The summed E-state index contributed by atoms with van der Waals surface area (Å²) in [6.07, 6.45) is 0. The Balaban J connectivity index is 2.23. The third kappa shape index (κ3) is 1.85. The lowest BCUT2D eigenvalue weighted by atomic mass is 10.1. The van der Waals surface area contributed by atoms with E-state index in [1.54, 1.807) is 0 Å². The summed E-state index contributed by atoms with van der Waals surface area (Å²) in [4.78, 5) is 23.5. The second-order valence-electron chi connectivity index (χ2n) is 4.73. The highest BCUT2D eigenvalue weighted by Crippen LogP contribution is 2.34. The van der Waals surface area contributed by atoms with Gasteiger partial charge in [0.2, 0.25) is 0 Å². The molecule has 1 aromatic carbocycles. The molecule has 1 amide bonds. The molecule has 1 fully saturated rings. The first kappa shape index (κ1) is 13.7. The summed E-state index contributed by atoms with van der Waals surface area (Å²) < 4.78 is 35.9. The molecule has 2 rings (SSSR count). The molecule has 0 saturated carbocycles. The Bertz CT molecular complexity index is 666. The normalized spacial score (nSPS) is 19.9. The second-order valence-corrected chi connectivity index (χ2v) is 7.14. The number of hydrogen-bond donors (Lipinski definition) is 0. The fraction of sp³-hybridized carbons (Fsp3) is 0.333. The number of halogens is 1. The monoisotopic (exact) mass is 285 g/mol. The maximum absolute atomic E-state index is 13.4. The summed E-state index contributed by atoms with van der Waals surface area (Å²) in [5, 5.41) is 0. The number of sulfonamides is 1. The number of Topliss-reactive ketones (excluding diaryl/α,β-unsaturated/α-hetero) is 1. The Hall–Kier alpha value is -1.76. The molecule has 0 bridgehead atoms. The van der Waals surface area contributed by atoms with E-state index < -0.39 is 38.8 Å². The van der Waals surface area contributed by atoms with Crippen molar-refractivity contribution in [3.8, 4) is 0 Å². The van der Waals surface area contributed by atoms with Crippen LogP contribution in [0.3, 0.4) is 0 Å². The molecule has 5 nitrogen and oxygen atoms in total. The molecule has 1 aliphatic heterocycles. The van der Waals surface area contributed by atoms with Gasteiger partial charge in [0.15, 0.2) is 10.5 Å². The molecule has 1 heterocycles. The molecule has 1 saturated heterocycles. The number of ketones is 1. The van der Waals surface area contributed by atoms with Crippen LogP contribution in [0.2, 0.25) is 0 Å². The molecule has 0 aliphatic carbocycles. The number of benzene rings is 1.